The summed E-state index contributed by atoms with van der Waals surface area (Å²) >= 11 is 1.09. The third-order valence-electron chi connectivity index (χ3n) is 4.00. The van der Waals surface area contributed by atoms with Crippen molar-refractivity contribution in [3.05, 3.63) is 56.5 Å². The van der Waals surface area contributed by atoms with E-state index in [1.807, 2.05) is 19.1 Å². The van der Waals surface area contributed by atoms with Crippen LogP contribution in [-0.2, 0) is 4.79 Å². The topological polar surface area (TPSA) is 123 Å². The van der Waals surface area contributed by atoms with Crippen molar-refractivity contribution < 1.29 is 24.3 Å². The Labute approximate surface area is 170 Å². The maximum atomic E-state index is 12.3. The van der Waals surface area contributed by atoms with E-state index in [4.69, 9.17) is 9.47 Å². The highest BCUT2D eigenvalue weighted by atomic mass is 32.2. The molecule has 0 radical (unpaired) electrons. The first-order chi connectivity index (χ1) is 13.8. The third-order valence-corrected chi connectivity index (χ3v) is 4.91. The number of aromatic hydroxyl groups is 1. The van der Waals surface area contributed by atoms with Crippen LogP contribution in [0.4, 0.5) is 11.4 Å². The van der Waals surface area contributed by atoms with E-state index in [0.29, 0.717) is 22.2 Å². The lowest BCUT2D eigenvalue weighted by atomic mass is 10.1. The van der Waals surface area contributed by atoms with Crippen molar-refractivity contribution in [1.29, 1.82) is 0 Å². The van der Waals surface area contributed by atoms with Crippen molar-refractivity contribution >= 4 is 40.3 Å². The molecular formula is C19H17N3O6S. The minimum absolute atomic E-state index is 0.0622. The number of aryl methyl sites for hydroxylation is 1. The molecule has 1 aliphatic heterocycles. The van der Waals surface area contributed by atoms with Gasteiger partial charge in [0.15, 0.2) is 10.9 Å². The minimum Gasteiger partial charge on any atom is -0.500 e. The number of nitro benzene ring substituents is 1. The summed E-state index contributed by atoms with van der Waals surface area (Å²) in [4.78, 5) is 27.5. The Morgan fingerprint density at radius 3 is 2.59 bits per heavy atom. The zero-order chi connectivity index (χ0) is 21.1. The van der Waals surface area contributed by atoms with Crippen LogP contribution in [0.25, 0.3) is 6.08 Å². The number of hydrogen-bond donors (Lipinski definition) is 2. The number of hydrogen-bond acceptors (Lipinski definition) is 8. The summed E-state index contributed by atoms with van der Waals surface area (Å²) in [5.74, 6) is -0.464. The van der Waals surface area contributed by atoms with Crippen molar-refractivity contribution in [2.45, 2.75) is 6.92 Å². The summed E-state index contributed by atoms with van der Waals surface area (Å²) < 4.78 is 10.3. The number of ether oxygens (including phenoxy) is 2. The van der Waals surface area contributed by atoms with Crippen molar-refractivity contribution in [1.82, 2.24) is 5.32 Å². The number of phenolic OH excluding ortho intramolecular Hbond substituents is 1. The summed E-state index contributed by atoms with van der Waals surface area (Å²) in [6.07, 6.45) is 1.46. The van der Waals surface area contributed by atoms with Gasteiger partial charge in [0.05, 0.1) is 24.0 Å². The van der Waals surface area contributed by atoms with Gasteiger partial charge in [0.1, 0.15) is 11.4 Å². The van der Waals surface area contributed by atoms with Gasteiger partial charge >= 0.3 is 5.69 Å². The Hall–Kier alpha value is -3.53. The van der Waals surface area contributed by atoms with Gasteiger partial charge in [0, 0.05) is 6.07 Å². The van der Waals surface area contributed by atoms with Gasteiger partial charge < -0.3 is 19.9 Å². The molecule has 1 fully saturated rings. The number of phenols is 1. The predicted molar refractivity (Wildman–Crippen MR) is 110 cm³/mol. The van der Waals surface area contributed by atoms with Crippen molar-refractivity contribution in [3.63, 3.8) is 0 Å². The number of aliphatic imine (C=N–C) groups is 1. The van der Waals surface area contributed by atoms with Crippen LogP contribution in [0.2, 0.25) is 0 Å². The fourth-order valence-corrected chi connectivity index (χ4v) is 3.46. The van der Waals surface area contributed by atoms with E-state index in [9.17, 15) is 20.0 Å². The van der Waals surface area contributed by atoms with Crippen LogP contribution in [0.1, 0.15) is 11.1 Å². The van der Waals surface area contributed by atoms with Crippen LogP contribution in [0.15, 0.2) is 40.2 Å². The number of thioether (sulfide) groups is 1. The van der Waals surface area contributed by atoms with Gasteiger partial charge in [-0.3, -0.25) is 14.9 Å². The van der Waals surface area contributed by atoms with E-state index < -0.39 is 22.3 Å². The molecule has 3 rings (SSSR count). The molecule has 0 atom stereocenters. The Balaban J connectivity index is 1.95. The Morgan fingerprint density at radius 1 is 1.21 bits per heavy atom. The first kappa shape index (κ1) is 20.2. The molecule has 10 heteroatoms. The Kier molecular flexibility index (Phi) is 5.74. The van der Waals surface area contributed by atoms with Crippen LogP contribution in [0, 0.1) is 17.0 Å². The van der Waals surface area contributed by atoms with Crippen LogP contribution in [0.5, 0.6) is 17.2 Å². The molecule has 1 heterocycles. The van der Waals surface area contributed by atoms with E-state index in [-0.39, 0.29) is 10.7 Å². The van der Waals surface area contributed by atoms with Gasteiger partial charge in [0.25, 0.3) is 5.91 Å². The monoisotopic (exact) mass is 415 g/mol. The fraction of sp³-hybridized carbons (Fsp3) is 0.158. The molecule has 2 aromatic rings. The number of carbonyl (C=O) groups is 1. The highest BCUT2D eigenvalue weighted by molar-refractivity contribution is 8.18. The molecule has 0 unspecified atom stereocenters. The zero-order valence-corrected chi connectivity index (χ0v) is 16.6. The van der Waals surface area contributed by atoms with Crippen molar-refractivity contribution in [2.24, 2.45) is 4.99 Å². The second-order valence-corrected chi connectivity index (χ2v) is 7.04. The number of nitrogens with zero attached hydrogens (tertiary/aromatic N) is 2. The van der Waals surface area contributed by atoms with E-state index in [2.05, 4.69) is 10.3 Å². The van der Waals surface area contributed by atoms with Crippen LogP contribution in [-0.4, -0.2) is 35.3 Å². The third kappa shape index (κ3) is 4.32. The second kappa shape index (κ2) is 8.23. The molecule has 0 aliphatic carbocycles. The normalized spacial score (nSPS) is 16.2. The predicted octanol–water partition coefficient (Wildman–Crippen LogP) is 3.52. The first-order valence-corrected chi connectivity index (χ1v) is 9.13. The van der Waals surface area contributed by atoms with Crippen molar-refractivity contribution in [2.75, 3.05) is 14.2 Å². The molecule has 1 aliphatic rings. The number of rotatable bonds is 5. The quantitative estimate of drug-likeness (QED) is 0.435. The second-order valence-electron chi connectivity index (χ2n) is 6.01. The van der Waals surface area contributed by atoms with Gasteiger partial charge in [-0.05, 0) is 54.1 Å². The maximum Gasteiger partial charge on any atom is 0.315 e. The molecular weight excluding hydrogens is 398 g/mol. The summed E-state index contributed by atoms with van der Waals surface area (Å²) in [6, 6.07) is 8.07. The molecule has 0 spiro atoms. The highest BCUT2D eigenvalue weighted by Gasteiger charge is 2.26. The van der Waals surface area contributed by atoms with Gasteiger partial charge in [-0.15, -0.1) is 0 Å². The number of benzene rings is 2. The molecule has 1 amide bonds. The molecule has 2 aromatic carbocycles. The number of nitro groups is 1. The first-order valence-electron chi connectivity index (χ1n) is 8.32. The van der Waals surface area contributed by atoms with Crippen LogP contribution in [0.3, 0.4) is 0 Å². The fourth-order valence-electron chi connectivity index (χ4n) is 2.62. The number of amides is 1. The lowest BCUT2D eigenvalue weighted by Crippen LogP contribution is -2.19. The van der Waals surface area contributed by atoms with Gasteiger partial charge in [-0.1, -0.05) is 6.07 Å². The molecule has 1 saturated heterocycles. The SMILES string of the molecule is COc1ccc(C)cc1N=C1NC(=O)/C(=C/c2cc(OC)c(O)c([N+](=O)[O-])c2)S1. The molecule has 29 heavy (non-hydrogen) atoms. The summed E-state index contributed by atoms with van der Waals surface area (Å²) in [6.45, 7) is 1.92. The molecule has 150 valence electrons. The van der Waals surface area contributed by atoms with Gasteiger partial charge in [-0.2, -0.15) is 0 Å². The molecule has 2 N–H and O–H groups in total. The number of nitrogens with one attached hydrogen (secondary N) is 1. The van der Waals surface area contributed by atoms with E-state index in [1.165, 1.54) is 26.4 Å². The summed E-state index contributed by atoms with van der Waals surface area (Å²) in [5.41, 5.74) is 1.37. The lowest BCUT2D eigenvalue weighted by Gasteiger charge is -2.06. The Morgan fingerprint density at radius 2 is 1.93 bits per heavy atom. The van der Waals surface area contributed by atoms with E-state index in [0.717, 1.165) is 23.4 Å². The average Bonchev–Trinajstić information content (AvgIpc) is 3.01. The summed E-state index contributed by atoms with van der Waals surface area (Å²) in [5, 5.41) is 24.0. The summed E-state index contributed by atoms with van der Waals surface area (Å²) in [7, 11) is 2.82. The van der Waals surface area contributed by atoms with Gasteiger partial charge in [0.2, 0.25) is 5.75 Å². The van der Waals surface area contributed by atoms with Crippen LogP contribution < -0.4 is 14.8 Å². The molecule has 0 saturated carbocycles. The largest absolute Gasteiger partial charge is 0.500 e. The molecule has 0 aromatic heterocycles. The lowest BCUT2D eigenvalue weighted by molar-refractivity contribution is -0.386. The van der Waals surface area contributed by atoms with E-state index in [1.54, 1.807) is 6.07 Å². The molecule has 9 nitrogen and oxygen atoms in total. The minimum atomic E-state index is -0.724. The number of methoxy groups -OCH3 is 2. The van der Waals surface area contributed by atoms with E-state index >= 15 is 0 Å². The van der Waals surface area contributed by atoms with Gasteiger partial charge in [-0.25, -0.2) is 4.99 Å². The zero-order valence-electron chi connectivity index (χ0n) is 15.8. The molecule has 0 bridgehead atoms. The van der Waals surface area contributed by atoms with Crippen molar-refractivity contribution in [3.8, 4) is 17.2 Å². The number of carbonyl (C=O) groups excluding carboxylic acids is 1. The highest BCUT2D eigenvalue weighted by Crippen LogP contribution is 2.39. The standard InChI is InChI=1S/C19H17N3O6S/c1-10-4-5-14(27-2)12(6-10)20-19-21-18(24)16(29-19)9-11-7-13(22(25)26)17(23)15(8-11)28-3/h4-9,23H,1-3H3,(H,20,21,24)/b16-9-. The van der Waals surface area contributed by atoms with Crippen LogP contribution >= 0.6 is 11.8 Å². The number of amidine groups is 1. The Bertz CT molecular complexity index is 1060. The average molecular weight is 415 g/mol. The smallest absolute Gasteiger partial charge is 0.315 e. The maximum absolute atomic E-state index is 12.3.